The standard InChI is InChI=1S/C16H19F3N4O2S/c1-21-14(16(17,18)19)10-11(20-21)12-2-3-13(26-12)15(25)23-6-4-22(5-7-23)8-9-24/h2-3,10,24H,4-9H2,1H3. The van der Waals surface area contributed by atoms with Crippen molar-refractivity contribution in [3.8, 4) is 10.6 Å². The van der Waals surface area contributed by atoms with Crippen LogP contribution in [0.2, 0.25) is 0 Å². The molecule has 26 heavy (non-hydrogen) atoms. The normalized spacial score (nSPS) is 16.3. The van der Waals surface area contributed by atoms with Gasteiger partial charge >= 0.3 is 6.18 Å². The molecule has 142 valence electrons. The Morgan fingerprint density at radius 1 is 1.27 bits per heavy atom. The van der Waals surface area contributed by atoms with Gasteiger partial charge in [0.05, 0.1) is 16.4 Å². The Balaban J connectivity index is 1.71. The molecule has 3 heterocycles. The molecule has 0 unspecified atom stereocenters. The number of β-amino-alcohol motifs (C(OH)–C–C–N with tert-alkyl or cyclic N) is 1. The minimum absolute atomic E-state index is 0.0895. The minimum atomic E-state index is -4.47. The van der Waals surface area contributed by atoms with E-state index in [1.165, 1.54) is 7.05 Å². The molecule has 1 amide bonds. The molecule has 2 aromatic heterocycles. The summed E-state index contributed by atoms with van der Waals surface area (Å²) >= 11 is 1.14. The van der Waals surface area contributed by atoms with Gasteiger partial charge in [-0.2, -0.15) is 18.3 Å². The summed E-state index contributed by atoms with van der Waals surface area (Å²) in [7, 11) is 1.25. The highest BCUT2D eigenvalue weighted by Gasteiger charge is 2.35. The molecular weight excluding hydrogens is 369 g/mol. The van der Waals surface area contributed by atoms with Gasteiger partial charge in [0.1, 0.15) is 11.4 Å². The molecule has 1 saturated heterocycles. The molecule has 10 heteroatoms. The maximum absolute atomic E-state index is 12.9. The van der Waals surface area contributed by atoms with Crippen molar-refractivity contribution in [1.29, 1.82) is 0 Å². The fourth-order valence-electron chi connectivity index (χ4n) is 2.92. The maximum atomic E-state index is 12.9. The number of thiophene rings is 1. The van der Waals surface area contributed by atoms with Crippen molar-refractivity contribution in [2.75, 3.05) is 39.3 Å². The van der Waals surface area contributed by atoms with Gasteiger partial charge in [0.25, 0.3) is 5.91 Å². The molecule has 3 rings (SSSR count). The second kappa shape index (κ2) is 7.37. The van der Waals surface area contributed by atoms with Crippen LogP contribution in [0.25, 0.3) is 10.6 Å². The van der Waals surface area contributed by atoms with E-state index in [1.807, 2.05) is 0 Å². The number of aliphatic hydroxyl groups excluding tert-OH is 1. The quantitative estimate of drug-likeness (QED) is 0.869. The lowest BCUT2D eigenvalue weighted by Gasteiger charge is -2.34. The highest BCUT2D eigenvalue weighted by molar-refractivity contribution is 7.17. The topological polar surface area (TPSA) is 61.6 Å². The monoisotopic (exact) mass is 388 g/mol. The first-order valence-corrected chi connectivity index (χ1v) is 8.95. The zero-order chi connectivity index (χ0) is 18.9. The molecule has 0 aliphatic carbocycles. The predicted molar refractivity (Wildman–Crippen MR) is 91.0 cm³/mol. The third-order valence-corrected chi connectivity index (χ3v) is 5.41. The van der Waals surface area contributed by atoms with Gasteiger partial charge in [0.15, 0.2) is 0 Å². The summed E-state index contributed by atoms with van der Waals surface area (Å²) in [5.74, 6) is -0.128. The molecule has 0 bridgehead atoms. The summed E-state index contributed by atoms with van der Waals surface area (Å²) in [6.07, 6.45) is -4.47. The van der Waals surface area contributed by atoms with Gasteiger partial charge in [-0.3, -0.25) is 14.4 Å². The zero-order valence-electron chi connectivity index (χ0n) is 14.2. The summed E-state index contributed by atoms with van der Waals surface area (Å²) in [5, 5.41) is 12.9. The molecule has 6 nitrogen and oxygen atoms in total. The molecule has 1 aliphatic heterocycles. The van der Waals surface area contributed by atoms with Crippen LogP contribution >= 0.6 is 11.3 Å². The van der Waals surface area contributed by atoms with E-state index in [4.69, 9.17) is 5.11 Å². The van der Waals surface area contributed by atoms with Gasteiger partial charge in [-0.25, -0.2) is 0 Å². The highest BCUT2D eigenvalue weighted by Crippen LogP contribution is 2.34. The first-order valence-electron chi connectivity index (χ1n) is 8.13. The number of carbonyl (C=O) groups is 1. The van der Waals surface area contributed by atoms with E-state index < -0.39 is 11.9 Å². The van der Waals surface area contributed by atoms with E-state index in [9.17, 15) is 18.0 Å². The van der Waals surface area contributed by atoms with Crippen LogP contribution in [0.5, 0.6) is 0 Å². The maximum Gasteiger partial charge on any atom is 0.433 e. The van der Waals surface area contributed by atoms with Gasteiger partial charge in [-0.05, 0) is 18.2 Å². The summed E-state index contributed by atoms with van der Waals surface area (Å²) < 4.78 is 39.5. The van der Waals surface area contributed by atoms with Crippen molar-refractivity contribution in [3.63, 3.8) is 0 Å². The van der Waals surface area contributed by atoms with Gasteiger partial charge in [-0.1, -0.05) is 0 Å². The Kier molecular flexibility index (Phi) is 5.35. The van der Waals surface area contributed by atoms with E-state index in [1.54, 1.807) is 17.0 Å². The minimum Gasteiger partial charge on any atom is -0.395 e. The molecule has 0 radical (unpaired) electrons. The Labute approximate surface area is 152 Å². The van der Waals surface area contributed by atoms with Gasteiger partial charge in [0, 0.05) is 39.8 Å². The average molecular weight is 388 g/mol. The molecule has 2 aromatic rings. The number of halogens is 3. The van der Waals surface area contributed by atoms with Crippen molar-refractivity contribution in [2.45, 2.75) is 6.18 Å². The lowest BCUT2D eigenvalue weighted by Crippen LogP contribution is -2.49. The van der Waals surface area contributed by atoms with Crippen LogP contribution in [-0.2, 0) is 13.2 Å². The van der Waals surface area contributed by atoms with Crippen LogP contribution in [-0.4, -0.2) is 69.9 Å². The van der Waals surface area contributed by atoms with Crippen molar-refractivity contribution >= 4 is 17.2 Å². The number of rotatable bonds is 4. The number of carbonyl (C=O) groups excluding carboxylic acids is 1. The lowest BCUT2D eigenvalue weighted by molar-refractivity contribution is -0.143. The average Bonchev–Trinajstić information content (AvgIpc) is 3.21. The van der Waals surface area contributed by atoms with Crippen LogP contribution in [0.15, 0.2) is 18.2 Å². The summed E-state index contributed by atoms with van der Waals surface area (Å²) in [6.45, 7) is 3.19. The fraction of sp³-hybridized carbons (Fsp3) is 0.500. The lowest BCUT2D eigenvalue weighted by atomic mass is 10.2. The van der Waals surface area contributed by atoms with Crippen LogP contribution < -0.4 is 0 Å². The van der Waals surface area contributed by atoms with E-state index in [0.717, 1.165) is 22.1 Å². The molecule has 1 fully saturated rings. The number of hydrogen-bond donors (Lipinski definition) is 1. The summed E-state index contributed by atoms with van der Waals surface area (Å²) in [5.41, 5.74) is -0.620. The summed E-state index contributed by atoms with van der Waals surface area (Å²) in [6, 6.07) is 4.25. The predicted octanol–water partition coefficient (Wildman–Crippen LogP) is 1.92. The zero-order valence-corrected chi connectivity index (χ0v) is 15.0. The van der Waals surface area contributed by atoms with E-state index in [0.29, 0.717) is 42.5 Å². The molecular formula is C16H19F3N4O2S. The van der Waals surface area contributed by atoms with Gasteiger partial charge in [-0.15, -0.1) is 11.3 Å². The number of aliphatic hydroxyl groups is 1. The van der Waals surface area contributed by atoms with E-state index >= 15 is 0 Å². The second-order valence-electron chi connectivity index (χ2n) is 6.06. The molecule has 0 aromatic carbocycles. The molecule has 0 atom stereocenters. The molecule has 0 spiro atoms. The Bertz CT molecular complexity index is 779. The number of hydrogen-bond acceptors (Lipinski definition) is 5. The number of piperazine rings is 1. The van der Waals surface area contributed by atoms with E-state index in [-0.39, 0.29) is 18.2 Å². The van der Waals surface area contributed by atoms with Crippen LogP contribution in [0, 0.1) is 0 Å². The third-order valence-electron chi connectivity index (χ3n) is 4.32. The SMILES string of the molecule is Cn1nc(-c2ccc(C(=O)N3CCN(CCO)CC3)s2)cc1C(F)(F)F. The van der Waals surface area contributed by atoms with Crippen molar-refractivity contribution in [2.24, 2.45) is 7.05 Å². The first-order chi connectivity index (χ1) is 12.3. The smallest absolute Gasteiger partial charge is 0.395 e. The van der Waals surface area contributed by atoms with Crippen LogP contribution in [0.1, 0.15) is 15.4 Å². The van der Waals surface area contributed by atoms with E-state index in [2.05, 4.69) is 10.00 Å². The highest BCUT2D eigenvalue weighted by atomic mass is 32.1. The molecule has 0 saturated carbocycles. The fourth-order valence-corrected chi connectivity index (χ4v) is 3.85. The van der Waals surface area contributed by atoms with Crippen molar-refractivity contribution < 1.29 is 23.1 Å². The van der Waals surface area contributed by atoms with Crippen molar-refractivity contribution in [3.05, 3.63) is 28.8 Å². The van der Waals surface area contributed by atoms with Crippen molar-refractivity contribution in [1.82, 2.24) is 19.6 Å². The number of amides is 1. The van der Waals surface area contributed by atoms with Crippen LogP contribution in [0.4, 0.5) is 13.2 Å². The summed E-state index contributed by atoms with van der Waals surface area (Å²) in [4.78, 5) is 17.4. The number of alkyl halides is 3. The van der Waals surface area contributed by atoms with Crippen LogP contribution in [0.3, 0.4) is 0 Å². The van der Waals surface area contributed by atoms with Gasteiger partial charge < -0.3 is 10.0 Å². The Hall–Kier alpha value is -1.91. The largest absolute Gasteiger partial charge is 0.433 e. The Morgan fingerprint density at radius 2 is 1.96 bits per heavy atom. The molecule has 1 aliphatic rings. The Morgan fingerprint density at radius 3 is 2.54 bits per heavy atom. The molecule has 1 N–H and O–H groups in total. The van der Waals surface area contributed by atoms with Gasteiger partial charge in [0.2, 0.25) is 0 Å². The third kappa shape index (κ3) is 3.92. The second-order valence-corrected chi connectivity index (χ2v) is 7.14. The number of aryl methyl sites for hydroxylation is 1. The first kappa shape index (κ1) is 18.9. The number of aromatic nitrogens is 2. The number of nitrogens with zero attached hydrogens (tertiary/aromatic N) is 4.